The molecule has 0 saturated heterocycles. The molecular weight excluding hydrogens is 431 g/mol. The molecule has 1 aliphatic carbocycles. The average molecular weight is 447 g/mol. The molecule has 154 valence electrons. The van der Waals surface area contributed by atoms with Gasteiger partial charge in [0, 0.05) is 18.3 Å². The molecule has 8 nitrogen and oxygen atoms in total. The largest absolute Gasteiger partial charge is 0.348 e. The number of carbonyl (C=O) groups excluding carboxylic acids is 2. The van der Waals surface area contributed by atoms with Gasteiger partial charge in [-0.15, -0.1) is 0 Å². The van der Waals surface area contributed by atoms with Crippen LogP contribution >= 0.6 is 23.4 Å². The van der Waals surface area contributed by atoms with E-state index in [1.165, 1.54) is 34.9 Å². The first-order valence-corrected chi connectivity index (χ1v) is 10.4. The molecule has 1 aromatic carbocycles. The minimum atomic E-state index is -0.493. The van der Waals surface area contributed by atoms with Gasteiger partial charge in [-0.1, -0.05) is 23.4 Å². The van der Waals surface area contributed by atoms with Crippen LogP contribution in [0.15, 0.2) is 47.9 Å². The summed E-state index contributed by atoms with van der Waals surface area (Å²) in [6.45, 7) is 0. The van der Waals surface area contributed by atoms with Crippen LogP contribution < -0.4 is 10.6 Å². The third-order valence-electron chi connectivity index (χ3n) is 4.15. The second-order valence-electron chi connectivity index (χ2n) is 6.57. The SMILES string of the molecule is O=C(CSc1cc(-n2ccc(C(=O)NC3CC3)n2)ncn1)Nc1cc(F)ccc1Cl. The lowest BCUT2D eigenvalue weighted by Crippen LogP contribution is -2.25. The van der Waals surface area contributed by atoms with E-state index in [0.717, 1.165) is 18.9 Å². The van der Waals surface area contributed by atoms with Gasteiger partial charge >= 0.3 is 0 Å². The molecule has 2 N–H and O–H groups in total. The molecule has 0 aliphatic heterocycles. The maximum absolute atomic E-state index is 13.3. The zero-order valence-corrected chi connectivity index (χ0v) is 17.1. The number of hydrogen-bond acceptors (Lipinski definition) is 6. The first-order chi connectivity index (χ1) is 14.5. The van der Waals surface area contributed by atoms with Crippen molar-refractivity contribution in [3.8, 4) is 5.82 Å². The predicted octanol–water partition coefficient (Wildman–Crippen LogP) is 3.08. The van der Waals surface area contributed by atoms with Crippen LogP contribution in [0.25, 0.3) is 5.82 Å². The Morgan fingerprint density at radius 1 is 1.23 bits per heavy atom. The molecule has 0 atom stereocenters. The van der Waals surface area contributed by atoms with E-state index in [2.05, 4.69) is 25.7 Å². The van der Waals surface area contributed by atoms with Gasteiger partial charge in [-0.2, -0.15) is 5.10 Å². The van der Waals surface area contributed by atoms with Crippen molar-refractivity contribution in [1.82, 2.24) is 25.1 Å². The minimum absolute atomic E-state index is 0.0391. The van der Waals surface area contributed by atoms with Crippen molar-refractivity contribution < 1.29 is 14.0 Å². The zero-order valence-electron chi connectivity index (χ0n) is 15.5. The summed E-state index contributed by atoms with van der Waals surface area (Å²) in [6, 6.07) is 7.26. The summed E-state index contributed by atoms with van der Waals surface area (Å²) >= 11 is 7.13. The monoisotopic (exact) mass is 446 g/mol. The van der Waals surface area contributed by atoms with E-state index in [9.17, 15) is 14.0 Å². The summed E-state index contributed by atoms with van der Waals surface area (Å²) in [5.74, 6) is -0.561. The van der Waals surface area contributed by atoms with E-state index in [1.54, 1.807) is 18.3 Å². The maximum Gasteiger partial charge on any atom is 0.272 e. The molecule has 0 bridgehead atoms. The Morgan fingerprint density at radius 3 is 2.87 bits per heavy atom. The normalized spacial score (nSPS) is 13.1. The lowest BCUT2D eigenvalue weighted by molar-refractivity contribution is -0.113. The molecule has 0 radical (unpaired) electrons. The van der Waals surface area contributed by atoms with E-state index in [4.69, 9.17) is 11.6 Å². The fourth-order valence-corrected chi connectivity index (χ4v) is 3.34. The molecule has 11 heteroatoms. The summed E-state index contributed by atoms with van der Waals surface area (Å²) in [7, 11) is 0. The first-order valence-electron chi connectivity index (χ1n) is 9.04. The fraction of sp³-hybridized carbons (Fsp3) is 0.211. The van der Waals surface area contributed by atoms with Gasteiger partial charge < -0.3 is 10.6 Å². The Bertz CT molecular complexity index is 1100. The van der Waals surface area contributed by atoms with Crippen molar-refractivity contribution in [2.75, 3.05) is 11.1 Å². The minimum Gasteiger partial charge on any atom is -0.348 e. The molecule has 4 rings (SSSR count). The van der Waals surface area contributed by atoms with Crippen molar-refractivity contribution >= 4 is 40.9 Å². The van der Waals surface area contributed by atoms with Crippen LogP contribution in [0.3, 0.4) is 0 Å². The van der Waals surface area contributed by atoms with Gasteiger partial charge in [-0.25, -0.2) is 19.0 Å². The van der Waals surface area contributed by atoms with Crippen molar-refractivity contribution in [1.29, 1.82) is 0 Å². The number of rotatable bonds is 7. The summed E-state index contributed by atoms with van der Waals surface area (Å²) in [5, 5.41) is 10.5. The number of nitrogens with one attached hydrogen (secondary N) is 2. The number of nitrogens with zero attached hydrogens (tertiary/aromatic N) is 4. The van der Waals surface area contributed by atoms with Gasteiger partial charge in [-0.3, -0.25) is 9.59 Å². The topological polar surface area (TPSA) is 102 Å². The highest BCUT2D eigenvalue weighted by atomic mass is 35.5. The van der Waals surface area contributed by atoms with Gasteiger partial charge in [0.25, 0.3) is 5.91 Å². The number of amides is 2. The summed E-state index contributed by atoms with van der Waals surface area (Å²) in [6.07, 6.45) is 4.98. The Kier molecular flexibility index (Phi) is 5.96. The number of halogens is 2. The van der Waals surface area contributed by atoms with E-state index in [1.807, 2.05) is 0 Å². The average Bonchev–Trinajstić information content (AvgIpc) is 3.40. The molecule has 0 spiro atoms. The number of thioether (sulfide) groups is 1. The zero-order chi connectivity index (χ0) is 21.1. The van der Waals surface area contributed by atoms with Crippen molar-refractivity contribution in [3.05, 3.63) is 59.4 Å². The van der Waals surface area contributed by atoms with Gasteiger partial charge in [0.1, 0.15) is 17.2 Å². The number of carbonyl (C=O) groups is 2. The van der Waals surface area contributed by atoms with Crippen molar-refractivity contribution in [2.45, 2.75) is 23.9 Å². The Morgan fingerprint density at radius 2 is 2.07 bits per heavy atom. The standard InChI is InChI=1S/C19H16ClFN6O2S/c20-13-4-1-11(21)7-15(13)25-17(28)9-30-18-8-16(22-10-23-18)27-6-5-14(26-27)19(29)24-12-2-3-12/h1,4-8,10,12H,2-3,9H2,(H,24,29)(H,25,28). The third-order valence-corrected chi connectivity index (χ3v) is 5.41. The quantitative estimate of drug-likeness (QED) is 0.427. The molecule has 1 aliphatic rings. The van der Waals surface area contributed by atoms with Crippen LogP contribution in [0.2, 0.25) is 5.02 Å². The highest BCUT2D eigenvalue weighted by Crippen LogP contribution is 2.23. The fourth-order valence-electron chi connectivity index (χ4n) is 2.51. The highest BCUT2D eigenvalue weighted by molar-refractivity contribution is 7.99. The Hall–Kier alpha value is -2.98. The molecule has 2 amide bonds. The summed E-state index contributed by atoms with van der Waals surface area (Å²) in [4.78, 5) is 32.5. The van der Waals surface area contributed by atoms with Crippen LogP contribution in [-0.2, 0) is 4.79 Å². The van der Waals surface area contributed by atoms with Crippen LogP contribution in [0.1, 0.15) is 23.3 Å². The van der Waals surface area contributed by atoms with E-state index < -0.39 is 5.82 Å². The van der Waals surface area contributed by atoms with Gasteiger partial charge in [0.2, 0.25) is 5.91 Å². The van der Waals surface area contributed by atoms with Crippen LogP contribution in [-0.4, -0.2) is 43.4 Å². The second kappa shape index (κ2) is 8.80. The summed E-state index contributed by atoms with van der Waals surface area (Å²) < 4.78 is 14.8. The molecule has 2 aromatic heterocycles. The van der Waals surface area contributed by atoms with Gasteiger partial charge in [0.15, 0.2) is 11.5 Å². The van der Waals surface area contributed by atoms with Gasteiger partial charge in [0.05, 0.1) is 16.5 Å². The summed E-state index contributed by atoms with van der Waals surface area (Å²) in [5.41, 5.74) is 0.514. The maximum atomic E-state index is 13.3. The molecular formula is C19H16ClFN6O2S. The van der Waals surface area contributed by atoms with Crippen molar-refractivity contribution in [2.24, 2.45) is 0 Å². The van der Waals surface area contributed by atoms with Crippen LogP contribution in [0.5, 0.6) is 0 Å². The number of benzene rings is 1. The predicted molar refractivity (Wildman–Crippen MR) is 110 cm³/mol. The lowest BCUT2D eigenvalue weighted by atomic mass is 10.3. The molecule has 1 saturated carbocycles. The molecule has 3 aromatic rings. The highest BCUT2D eigenvalue weighted by Gasteiger charge is 2.24. The Labute approximate surface area is 180 Å². The molecule has 0 unspecified atom stereocenters. The molecule has 30 heavy (non-hydrogen) atoms. The second-order valence-corrected chi connectivity index (χ2v) is 7.97. The van der Waals surface area contributed by atoms with Crippen molar-refractivity contribution in [3.63, 3.8) is 0 Å². The van der Waals surface area contributed by atoms with Crippen LogP contribution in [0, 0.1) is 5.82 Å². The molecule has 1 fully saturated rings. The van der Waals surface area contributed by atoms with Gasteiger partial charge in [-0.05, 0) is 37.1 Å². The first kappa shape index (κ1) is 20.3. The van der Waals surface area contributed by atoms with E-state index >= 15 is 0 Å². The third kappa shape index (κ3) is 5.14. The molecule has 2 heterocycles. The lowest BCUT2D eigenvalue weighted by Gasteiger charge is -2.07. The Balaban J connectivity index is 1.37. The van der Waals surface area contributed by atoms with E-state index in [0.29, 0.717) is 16.5 Å². The number of anilines is 1. The van der Waals surface area contributed by atoms with Crippen LogP contribution in [0.4, 0.5) is 10.1 Å². The smallest absolute Gasteiger partial charge is 0.272 e. The number of aromatic nitrogens is 4. The number of hydrogen-bond donors (Lipinski definition) is 2. The van der Waals surface area contributed by atoms with E-state index in [-0.39, 0.29) is 34.3 Å².